The number of hydrogen-bond donors (Lipinski definition) is 1. The van der Waals surface area contributed by atoms with Gasteiger partial charge in [0.2, 0.25) is 0 Å². The van der Waals surface area contributed by atoms with Gasteiger partial charge in [0.25, 0.3) is 0 Å². The largest absolute Gasteiger partial charge is 0.493 e. The molecule has 9 heteroatoms. The lowest BCUT2D eigenvalue weighted by atomic mass is 9.95. The number of halogens is 3. The van der Waals surface area contributed by atoms with Crippen LogP contribution in [0.4, 0.5) is 24.0 Å². The Balaban J connectivity index is 1.39. The standard InChI is InChI=1S/C26H27F3N4OS/c27-26(28,29)22-14-20(11-12-24(22)34-13-5-8-18-6-3-1-2-4-7-18)32-25-33-23(17-35-25)19-9-10-21(15-30)31-16-19/h9-12,14,16-18H,1-8,13H2,(H,32,33). The first-order valence-corrected chi connectivity index (χ1v) is 12.7. The Bertz CT molecular complexity index is 1150. The van der Waals surface area contributed by atoms with E-state index < -0.39 is 11.7 Å². The Hall–Kier alpha value is -3.12. The monoisotopic (exact) mass is 500 g/mol. The molecule has 3 aromatic rings. The molecule has 0 saturated heterocycles. The van der Waals surface area contributed by atoms with Crippen LogP contribution in [0.2, 0.25) is 0 Å². The van der Waals surface area contributed by atoms with Crippen LogP contribution < -0.4 is 10.1 Å². The number of hydrogen-bond acceptors (Lipinski definition) is 6. The van der Waals surface area contributed by atoms with E-state index in [0.29, 0.717) is 22.4 Å². The molecule has 0 amide bonds. The van der Waals surface area contributed by atoms with E-state index in [9.17, 15) is 13.2 Å². The molecule has 4 rings (SSSR count). The van der Waals surface area contributed by atoms with Crippen molar-refractivity contribution in [2.24, 2.45) is 5.92 Å². The number of benzene rings is 1. The summed E-state index contributed by atoms with van der Waals surface area (Å²) in [4.78, 5) is 8.45. The maximum atomic E-state index is 13.7. The highest BCUT2D eigenvalue weighted by atomic mass is 32.1. The summed E-state index contributed by atoms with van der Waals surface area (Å²) in [7, 11) is 0. The molecule has 1 saturated carbocycles. The van der Waals surface area contributed by atoms with Crippen LogP contribution in [-0.2, 0) is 6.18 Å². The van der Waals surface area contributed by atoms with Gasteiger partial charge in [0.05, 0.1) is 17.9 Å². The summed E-state index contributed by atoms with van der Waals surface area (Å²) in [6.45, 7) is 0.279. The third-order valence-electron chi connectivity index (χ3n) is 6.20. The highest BCUT2D eigenvalue weighted by molar-refractivity contribution is 7.14. The van der Waals surface area contributed by atoms with Crippen molar-refractivity contribution in [1.82, 2.24) is 9.97 Å². The summed E-state index contributed by atoms with van der Waals surface area (Å²) in [5.41, 5.74) is 1.12. The van der Waals surface area contributed by atoms with Crippen LogP contribution in [0.1, 0.15) is 62.6 Å². The molecule has 0 unspecified atom stereocenters. The van der Waals surface area contributed by atoms with E-state index in [1.165, 1.54) is 55.9 Å². The van der Waals surface area contributed by atoms with Gasteiger partial charge in [-0.3, -0.25) is 0 Å². The summed E-state index contributed by atoms with van der Waals surface area (Å²) >= 11 is 1.27. The number of nitriles is 1. The third kappa shape index (κ3) is 6.95. The number of nitrogens with zero attached hydrogens (tertiary/aromatic N) is 3. The van der Waals surface area contributed by atoms with Crippen LogP contribution in [-0.4, -0.2) is 16.6 Å². The van der Waals surface area contributed by atoms with Crippen molar-refractivity contribution in [3.8, 4) is 23.1 Å². The maximum Gasteiger partial charge on any atom is 0.420 e. The van der Waals surface area contributed by atoms with Crippen molar-refractivity contribution in [2.75, 3.05) is 11.9 Å². The van der Waals surface area contributed by atoms with E-state index >= 15 is 0 Å². The van der Waals surface area contributed by atoms with E-state index in [-0.39, 0.29) is 18.0 Å². The van der Waals surface area contributed by atoms with Gasteiger partial charge in [0.15, 0.2) is 5.13 Å². The molecule has 2 heterocycles. The molecule has 1 aliphatic carbocycles. The van der Waals surface area contributed by atoms with Gasteiger partial charge in [0.1, 0.15) is 17.5 Å². The summed E-state index contributed by atoms with van der Waals surface area (Å²) in [5.74, 6) is 0.519. The number of thiazole rings is 1. The van der Waals surface area contributed by atoms with Crippen molar-refractivity contribution in [3.63, 3.8) is 0 Å². The molecule has 2 aromatic heterocycles. The fourth-order valence-corrected chi connectivity index (χ4v) is 5.10. The fourth-order valence-electron chi connectivity index (χ4n) is 4.36. The maximum absolute atomic E-state index is 13.7. The van der Waals surface area contributed by atoms with Gasteiger partial charge in [-0.15, -0.1) is 11.3 Å². The number of ether oxygens (including phenoxy) is 1. The number of anilines is 2. The zero-order chi connectivity index (χ0) is 24.7. The van der Waals surface area contributed by atoms with E-state index in [0.717, 1.165) is 24.5 Å². The molecule has 0 radical (unpaired) electrons. The first kappa shape index (κ1) is 25.0. The summed E-state index contributed by atoms with van der Waals surface area (Å²) in [6.07, 6.45) is 6.29. The first-order valence-electron chi connectivity index (χ1n) is 11.9. The van der Waals surface area contributed by atoms with E-state index in [1.807, 2.05) is 6.07 Å². The average molecular weight is 501 g/mol. The van der Waals surface area contributed by atoms with Gasteiger partial charge >= 0.3 is 6.18 Å². The Morgan fingerprint density at radius 1 is 1.11 bits per heavy atom. The quantitative estimate of drug-likeness (QED) is 0.251. The second kappa shape index (κ2) is 11.5. The highest BCUT2D eigenvalue weighted by Gasteiger charge is 2.35. The second-order valence-electron chi connectivity index (χ2n) is 8.76. The van der Waals surface area contributed by atoms with Gasteiger partial charge in [-0.2, -0.15) is 18.4 Å². The molecule has 1 N–H and O–H groups in total. The Kier molecular flexibility index (Phi) is 8.24. The minimum atomic E-state index is -4.53. The van der Waals surface area contributed by atoms with E-state index in [1.54, 1.807) is 29.8 Å². The molecule has 0 aliphatic heterocycles. The number of aromatic nitrogens is 2. The van der Waals surface area contributed by atoms with Crippen molar-refractivity contribution in [1.29, 1.82) is 5.26 Å². The second-order valence-corrected chi connectivity index (χ2v) is 9.62. The lowest BCUT2D eigenvalue weighted by Crippen LogP contribution is -2.11. The predicted molar refractivity (Wildman–Crippen MR) is 131 cm³/mol. The van der Waals surface area contributed by atoms with E-state index in [2.05, 4.69) is 15.3 Å². The van der Waals surface area contributed by atoms with E-state index in [4.69, 9.17) is 10.00 Å². The molecule has 1 aliphatic rings. The smallest absolute Gasteiger partial charge is 0.420 e. The summed E-state index contributed by atoms with van der Waals surface area (Å²) in [6, 6.07) is 9.28. The Labute approximate surface area is 207 Å². The van der Waals surface area contributed by atoms with Gasteiger partial charge in [-0.25, -0.2) is 9.97 Å². The topological polar surface area (TPSA) is 70.8 Å². The van der Waals surface area contributed by atoms with Crippen molar-refractivity contribution in [2.45, 2.75) is 57.5 Å². The Morgan fingerprint density at radius 2 is 1.91 bits per heavy atom. The van der Waals surface area contributed by atoms with Crippen LogP contribution in [0.5, 0.6) is 5.75 Å². The minimum Gasteiger partial charge on any atom is -0.493 e. The highest BCUT2D eigenvalue weighted by Crippen LogP contribution is 2.39. The Morgan fingerprint density at radius 3 is 2.60 bits per heavy atom. The normalized spacial score (nSPS) is 14.8. The number of pyridine rings is 1. The van der Waals surface area contributed by atoms with Crippen LogP contribution in [0, 0.1) is 17.2 Å². The zero-order valence-corrected chi connectivity index (χ0v) is 20.1. The van der Waals surface area contributed by atoms with Gasteiger partial charge in [0, 0.05) is 22.8 Å². The molecule has 184 valence electrons. The molecular weight excluding hydrogens is 473 g/mol. The molecule has 1 fully saturated rings. The van der Waals surface area contributed by atoms with Gasteiger partial charge in [-0.05, 0) is 49.1 Å². The van der Waals surface area contributed by atoms with Crippen LogP contribution in [0.25, 0.3) is 11.3 Å². The van der Waals surface area contributed by atoms with Crippen LogP contribution in [0.15, 0.2) is 41.9 Å². The molecule has 0 atom stereocenters. The summed E-state index contributed by atoms with van der Waals surface area (Å²) < 4.78 is 46.8. The molecule has 0 bridgehead atoms. The lowest BCUT2D eigenvalue weighted by Gasteiger charge is -2.17. The first-order chi connectivity index (χ1) is 16.9. The van der Waals surface area contributed by atoms with Gasteiger partial charge in [-0.1, -0.05) is 38.5 Å². The molecule has 5 nitrogen and oxygen atoms in total. The van der Waals surface area contributed by atoms with Gasteiger partial charge < -0.3 is 10.1 Å². The van der Waals surface area contributed by atoms with Crippen molar-refractivity contribution in [3.05, 3.63) is 53.2 Å². The zero-order valence-electron chi connectivity index (χ0n) is 19.3. The molecule has 0 spiro atoms. The molecule has 1 aromatic carbocycles. The minimum absolute atomic E-state index is 0.146. The van der Waals surface area contributed by atoms with Crippen molar-refractivity contribution < 1.29 is 17.9 Å². The van der Waals surface area contributed by atoms with Crippen molar-refractivity contribution >= 4 is 22.2 Å². The average Bonchev–Trinajstić information content (AvgIpc) is 3.15. The number of alkyl halides is 3. The van der Waals surface area contributed by atoms with Crippen LogP contribution >= 0.6 is 11.3 Å². The predicted octanol–water partition coefficient (Wildman–Crippen LogP) is 7.97. The lowest BCUT2D eigenvalue weighted by molar-refractivity contribution is -0.138. The van der Waals surface area contributed by atoms with Crippen LogP contribution in [0.3, 0.4) is 0 Å². The summed E-state index contributed by atoms with van der Waals surface area (Å²) in [5, 5.41) is 14.0. The third-order valence-corrected chi connectivity index (χ3v) is 6.96. The molecular formula is C26H27F3N4OS. The number of rotatable bonds is 8. The SMILES string of the molecule is N#Cc1ccc(-c2csc(Nc3ccc(OCCCC4CCCCCC4)c(C(F)(F)F)c3)n2)cn1. The fraction of sp³-hybridized carbons (Fsp3) is 0.423. The molecule has 35 heavy (non-hydrogen) atoms. The number of nitrogens with one attached hydrogen (secondary N) is 1.